The van der Waals surface area contributed by atoms with E-state index >= 15 is 0 Å². The Morgan fingerprint density at radius 2 is 2.25 bits per heavy atom. The van der Waals surface area contributed by atoms with E-state index in [1.807, 2.05) is 18.2 Å². The maximum Gasteiger partial charge on any atom is 0.0408 e. The minimum atomic E-state index is 0.684. The highest BCUT2D eigenvalue weighted by Gasteiger charge is 2.29. The lowest BCUT2D eigenvalue weighted by Crippen LogP contribution is -2.40. The van der Waals surface area contributed by atoms with E-state index in [9.17, 15) is 0 Å². The molecule has 0 saturated heterocycles. The van der Waals surface area contributed by atoms with Crippen LogP contribution < -0.4 is 5.32 Å². The van der Waals surface area contributed by atoms with Crippen LogP contribution in [0, 0.1) is 0 Å². The van der Waals surface area contributed by atoms with Crippen molar-refractivity contribution in [2.75, 3.05) is 6.54 Å². The largest absolute Gasteiger partial charge is 0.314 e. The van der Waals surface area contributed by atoms with Crippen LogP contribution in [0.3, 0.4) is 0 Å². The lowest BCUT2D eigenvalue weighted by Gasteiger charge is -2.36. The smallest absolute Gasteiger partial charge is 0.0408 e. The average molecular weight is 236 g/mol. The molecule has 1 N–H and O–H groups in total. The molecule has 1 aromatic carbocycles. The van der Waals surface area contributed by atoms with Crippen LogP contribution in [0.1, 0.15) is 30.7 Å². The summed E-state index contributed by atoms with van der Waals surface area (Å²) in [4.78, 5) is 0. The van der Waals surface area contributed by atoms with Gasteiger partial charge in [-0.1, -0.05) is 29.8 Å². The third kappa shape index (κ3) is 2.87. The Kier molecular flexibility index (Phi) is 4.03. The first-order chi connectivity index (χ1) is 7.79. The monoisotopic (exact) mass is 235 g/mol. The van der Waals surface area contributed by atoms with Crippen LogP contribution in [0.5, 0.6) is 0 Å². The van der Waals surface area contributed by atoms with Gasteiger partial charge in [0.15, 0.2) is 0 Å². The van der Waals surface area contributed by atoms with Gasteiger partial charge in [-0.3, -0.25) is 0 Å². The minimum absolute atomic E-state index is 0.684. The van der Waals surface area contributed by atoms with Gasteiger partial charge in [0, 0.05) is 11.1 Å². The number of nitrogens with one attached hydrogen (secondary N) is 1. The number of halogens is 1. The number of rotatable bonds is 5. The minimum Gasteiger partial charge on any atom is -0.314 e. The standard InChI is InChI=1S/C14H18ClN/c1-2-3-7-16-14-9-12(10-14)11-5-4-6-13(15)8-11/h2,4-6,8,12,14,16H,1,3,7,9-10H2. The molecule has 1 aliphatic carbocycles. The van der Waals surface area contributed by atoms with E-state index in [1.165, 1.54) is 18.4 Å². The van der Waals surface area contributed by atoms with Crippen molar-refractivity contribution < 1.29 is 0 Å². The van der Waals surface area contributed by atoms with Crippen molar-refractivity contribution in [3.8, 4) is 0 Å². The molecule has 1 fully saturated rings. The zero-order valence-electron chi connectivity index (χ0n) is 9.45. The first-order valence-electron chi connectivity index (χ1n) is 5.89. The van der Waals surface area contributed by atoms with Crippen molar-refractivity contribution in [2.24, 2.45) is 0 Å². The Balaban J connectivity index is 1.77. The van der Waals surface area contributed by atoms with Crippen molar-refractivity contribution in [2.45, 2.75) is 31.2 Å². The predicted octanol–water partition coefficient (Wildman–Crippen LogP) is 3.75. The van der Waals surface area contributed by atoms with Crippen LogP contribution in [0.15, 0.2) is 36.9 Å². The summed E-state index contributed by atoms with van der Waals surface area (Å²) in [6, 6.07) is 8.92. The summed E-state index contributed by atoms with van der Waals surface area (Å²) in [6.07, 6.45) is 5.48. The van der Waals surface area contributed by atoms with Gasteiger partial charge in [-0.2, -0.15) is 0 Å². The van der Waals surface area contributed by atoms with Crippen molar-refractivity contribution in [1.82, 2.24) is 5.32 Å². The molecule has 0 unspecified atom stereocenters. The van der Waals surface area contributed by atoms with Crippen LogP contribution in [-0.4, -0.2) is 12.6 Å². The Bertz CT molecular complexity index is 356. The molecule has 1 nitrogen and oxygen atoms in total. The molecule has 0 spiro atoms. The average Bonchev–Trinajstić information content (AvgIpc) is 2.21. The van der Waals surface area contributed by atoms with Crippen molar-refractivity contribution >= 4 is 11.6 Å². The molecule has 2 heteroatoms. The summed E-state index contributed by atoms with van der Waals surface area (Å²) in [5, 5.41) is 4.38. The maximum atomic E-state index is 5.98. The molecule has 1 saturated carbocycles. The molecule has 0 aromatic heterocycles. The summed E-state index contributed by atoms with van der Waals surface area (Å²) in [5.74, 6) is 0.694. The van der Waals surface area contributed by atoms with Crippen LogP contribution in [-0.2, 0) is 0 Å². The summed E-state index contributed by atoms with van der Waals surface area (Å²) in [6.45, 7) is 4.77. The van der Waals surface area contributed by atoms with Crippen LogP contribution in [0.25, 0.3) is 0 Å². The molecule has 0 heterocycles. The van der Waals surface area contributed by atoms with E-state index in [1.54, 1.807) is 0 Å². The second kappa shape index (κ2) is 5.51. The third-order valence-corrected chi connectivity index (χ3v) is 3.47. The normalized spacial score (nSPS) is 23.8. The van der Waals surface area contributed by atoms with Crippen LogP contribution in [0.2, 0.25) is 5.02 Å². The van der Waals surface area contributed by atoms with E-state index < -0.39 is 0 Å². The maximum absolute atomic E-state index is 5.98. The molecule has 0 bridgehead atoms. The van der Waals surface area contributed by atoms with E-state index in [-0.39, 0.29) is 0 Å². The highest BCUT2D eigenvalue weighted by atomic mass is 35.5. The third-order valence-electron chi connectivity index (χ3n) is 3.24. The van der Waals surface area contributed by atoms with E-state index in [0.29, 0.717) is 12.0 Å². The molecule has 2 rings (SSSR count). The lowest BCUT2D eigenvalue weighted by molar-refractivity contribution is 0.293. The van der Waals surface area contributed by atoms with Gasteiger partial charge in [0.25, 0.3) is 0 Å². The molecule has 1 aromatic rings. The highest BCUT2D eigenvalue weighted by molar-refractivity contribution is 6.30. The Morgan fingerprint density at radius 3 is 2.94 bits per heavy atom. The number of hydrogen-bond acceptors (Lipinski definition) is 1. The molecule has 0 radical (unpaired) electrons. The van der Waals surface area contributed by atoms with E-state index in [4.69, 9.17) is 11.6 Å². The Labute approximate surface area is 103 Å². The fourth-order valence-corrected chi connectivity index (χ4v) is 2.41. The fraction of sp³-hybridized carbons (Fsp3) is 0.429. The van der Waals surface area contributed by atoms with Gasteiger partial charge in [-0.25, -0.2) is 0 Å². The van der Waals surface area contributed by atoms with E-state index in [2.05, 4.69) is 24.0 Å². The molecular formula is C14H18ClN. The Hall–Kier alpha value is -0.790. The molecule has 0 amide bonds. The summed E-state index contributed by atoms with van der Waals surface area (Å²) in [5.41, 5.74) is 1.38. The molecule has 16 heavy (non-hydrogen) atoms. The molecule has 0 aliphatic heterocycles. The summed E-state index contributed by atoms with van der Waals surface area (Å²) >= 11 is 5.98. The molecule has 1 aliphatic rings. The summed E-state index contributed by atoms with van der Waals surface area (Å²) < 4.78 is 0. The number of benzene rings is 1. The first-order valence-corrected chi connectivity index (χ1v) is 6.27. The van der Waals surface area contributed by atoms with Crippen molar-refractivity contribution in [1.29, 1.82) is 0 Å². The zero-order chi connectivity index (χ0) is 11.4. The number of hydrogen-bond donors (Lipinski definition) is 1. The second-order valence-corrected chi connectivity index (χ2v) is 4.89. The van der Waals surface area contributed by atoms with Gasteiger partial charge in [-0.05, 0) is 49.4 Å². The SMILES string of the molecule is C=CCCNC1CC(c2cccc(Cl)c2)C1. The molecule has 0 atom stereocenters. The quantitative estimate of drug-likeness (QED) is 0.606. The van der Waals surface area contributed by atoms with Crippen LogP contribution in [0.4, 0.5) is 0 Å². The van der Waals surface area contributed by atoms with Gasteiger partial charge in [-0.15, -0.1) is 6.58 Å². The topological polar surface area (TPSA) is 12.0 Å². The van der Waals surface area contributed by atoms with Gasteiger partial charge in [0.1, 0.15) is 0 Å². The van der Waals surface area contributed by atoms with Crippen molar-refractivity contribution in [3.63, 3.8) is 0 Å². The predicted molar refractivity (Wildman–Crippen MR) is 70.0 cm³/mol. The molecular weight excluding hydrogens is 218 g/mol. The molecule has 86 valence electrons. The fourth-order valence-electron chi connectivity index (χ4n) is 2.21. The van der Waals surface area contributed by atoms with Crippen LogP contribution >= 0.6 is 11.6 Å². The van der Waals surface area contributed by atoms with Gasteiger partial charge >= 0.3 is 0 Å². The van der Waals surface area contributed by atoms with Gasteiger partial charge in [0.05, 0.1) is 0 Å². The summed E-state index contributed by atoms with van der Waals surface area (Å²) in [7, 11) is 0. The zero-order valence-corrected chi connectivity index (χ0v) is 10.2. The highest BCUT2D eigenvalue weighted by Crippen LogP contribution is 2.37. The van der Waals surface area contributed by atoms with Gasteiger partial charge in [0.2, 0.25) is 0 Å². The first kappa shape index (κ1) is 11.7. The Morgan fingerprint density at radius 1 is 1.44 bits per heavy atom. The lowest BCUT2D eigenvalue weighted by atomic mass is 9.76. The van der Waals surface area contributed by atoms with Crippen molar-refractivity contribution in [3.05, 3.63) is 47.5 Å². The van der Waals surface area contributed by atoms with E-state index in [0.717, 1.165) is 18.0 Å². The second-order valence-electron chi connectivity index (χ2n) is 4.45. The van der Waals surface area contributed by atoms with Gasteiger partial charge < -0.3 is 5.32 Å².